The van der Waals surface area contributed by atoms with Crippen molar-refractivity contribution in [3.63, 3.8) is 0 Å². The largest absolute Gasteiger partial charge is 0.508 e. The van der Waals surface area contributed by atoms with Crippen molar-refractivity contribution in [2.45, 2.75) is 19.4 Å². The first kappa shape index (κ1) is 19.1. The number of hydrogen-bond acceptors (Lipinski definition) is 7. The van der Waals surface area contributed by atoms with Gasteiger partial charge in [-0.3, -0.25) is 0 Å². The van der Waals surface area contributed by atoms with Crippen molar-refractivity contribution < 1.29 is 34.0 Å². The van der Waals surface area contributed by atoms with Gasteiger partial charge in [0.25, 0.3) is 0 Å². The van der Waals surface area contributed by atoms with Crippen LogP contribution in [0.2, 0.25) is 0 Å². The molecule has 2 aliphatic rings. The Morgan fingerprint density at radius 3 is 2.00 bits per heavy atom. The molecule has 0 atom stereocenters. The number of rotatable bonds is 4. The van der Waals surface area contributed by atoms with Crippen LogP contribution in [0.25, 0.3) is 0 Å². The summed E-state index contributed by atoms with van der Waals surface area (Å²) in [7, 11) is 0. The highest BCUT2D eigenvalue weighted by Gasteiger charge is 2.55. The van der Waals surface area contributed by atoms with E-state index in [0.717, 1.165) is 0 Å². The average molecular weight is 420 g/mol. The highest BCUT2D eigenvalue weighted by Crippen LogP contribution is 2.58. The van der Waals surface area contributed by atoms with Gasteiger partial charge in [-0.25, -0.2) is 4.79 Å². The summed E-state index contributed by atoms with van der Waals surface area (Å²) in [5.74, 6) is 0.889. The minimum absolute atomic E-state index is 0.00347. The Labute approximate surface area is 178 Å². The third kappa shape index (κ3) is 2.63. The lowest BCUT2D eigenvalue weighted by atomic mass is 9.77. The summed E-state index contributed by atoms with van der Waals surface area (Å²) in [5.41, 5.74) is 0.650. The maximum Gasteiger partial charge on any atom is 0.344 e. The van der Waals surface area contributed by atoms with Crippen LogP contribution in [0.1, 0.15) is 40.9 Å². The molecule has 1 spiro atoms. The van der Waals surface area contributed by atoms with Gasteiger partial charge in [0.05, 0.1) is 13.2 Å². The molecule has 2 heterocycles. The molecule has 7 nitrogen and oxygen atoms in total. The van der Waals surface area contributed by atoms with Crippen molar-refractivity contribution in [2.24, 2.45) is 0 Å². The molecule has 0 amide bonds. The quantitative estimate of drug-likeness (QED) is 0.602. The van der Waals surface area contributed by atoms with Crippen LogP contribution in [-0.4, -0.2) is 29.4 Å². The van der Waals surface area contributed by atoms with Gasteiger partial charge in [0.2, 0.25) is 0 Å². The average Bonchev–Trinajstić information content (AvgIpc) is 3.02. The second kappa shape index (κ2) is 6.84. The van der Waals surface area contributed by atoms with E-state index in [9.17, 15) is 15.0 Å². The number of aromatic hydroxyl groups is 2. The number of phenolic OH excluding ortho intramolecular Hbond substituents is 2. The van der Waals surface area contributed by atoms with Crippen molar-refractivity contribution in [1.82, 2.24) is 0 Å². The van der Waals surface area contributed by atoms with Crippen molar-refractivity contribution in [3.8, 4) is 34.5 Å². The Balaban J connectivity index is 1.85. The van der Waals surface area contributed by atoms with Gasteiger partial charge < -0.3 is 29.2 Å². The Morgan fingerprint density at radius 2 is 1.42 bits per heavy atom. The molecule has 0 radical (unpaired) electrons. The van der Waals surface area contributed by atoms with Gasteiger partial charge in [-0.05, 0) is 50.2 Å². The van der Waals surface area contributed by atoms with Crippen molar-refractivity contribution in [2.75, 3.05) is 13.2 Å². The van der Waals surface area contributed by atoms with E-state index < -0.39 is 11.6 Å². The molecule has 0 aromatic heterocycles. The second-order valence-electron chi connectivity index (χ2n) is 7.22. The number of hydrogen-bond donors (Lipinski definition) is 2. The Hall–Kier alpha value is -3.87. The number of esters is 1. The molecule has 31 heavy (non-hydrogen) atoms. The lowest BCUT2D eigenvalue weighted by molar-refractivity contribution is 0.0222. The molecular formula is C24H20O7. The molecule has 0 saturated heterocycles. The van der Waals surface area contributed by atoms with Gasteiger partial charge >= 0.3 is 5.97 Å². The molecule has 3 aromatic carbocycles. The molecule has 2 aliphatic heterocycles. The van der Waals surface area contributed by atoms with Gasteiger partial charge in [0.15, 0.2) is 17.1 Å². The van der Waals surface area contributed by atoms with Gasteiger partial charge in [-0.2, -0.15) is 0 Å². The first-order chi connectivity index (χ1) is 15.0. The molecule has 0 fully saturated rings. The third-order valence-corrected chi connectivity index (χ3v) is 5.45. The zero-order valence-electron chi connectivity index (χ0n) is 17.0. The van der Waals surface area contributed by atoms with Crippen LogP contribution in [0.15, 0.2) is 48.5 Å². The van der Waals surface area contributed by atoms with E-state index in [0.29, 0.717) is 52.9 Å². The maximum absolute atomic E-state index is 13.2. The first-order valence-corrected chi connectivity index (χ1v) is 10.0. The summed E-state index contributed by atoms with van der Waals surface area (Å²) in [4.78, 5) is 13.2. The molecule has 0 unspecified atom stereocenters. The molecule has 0 aliphatic carbocycles. The summed E-state index contributed by atoms with van der Waals surface area (Å²) < 4.78 is 23.5. The Kier molecular flexibility index (Phi) is 4.22. The number of carbonyl (C=O) groups is 1. The fourth-order valence-electron chi connectivity index (χ4n) is 4.30. The van der Waals surface area contributed by atoms with Crippen molar-refractivity contribution in [1.29, 1.82) is 0 Å². The summed E-state index contributed by atoms with van der Waals surface area (Å²) in [6.07, 6.45) is 0. The van der Waals surface area contributed by atoms with Crippen LogP contribution in [0, 0.1) is 0 Å². The van der Waals surface area contributed by atoms with E-state index in [1.165, 1.54) is 24.3 Å². The van der Waals surface area contributed by atoms with Gasteiger partial charge in [-0.1, -0.05) is 0 Å². The van der Waals surface area contributed by atoms with Gasteiger partial charge in [-0.15, -0.1) is 0 Å². The first-order valence-electron chi connectivity index (χ1n) is 10.0. The maximum atomic E-state index is 13.2. The Morgan fingerprint density at radius 1 is 0.839 bits per heavy atom. The van der Waals surface area contributed by atoms with E-state index in [-0.39, 0.29) is 17.1 Å². The third-order valence-electron chi connectivity index (χ3n) is 5.45. The molecule has 0 saturated carbocycles. The van der Waals surface area contributed by atoms with Gasteiger partial charge in [0.1, 0.15) is 28.6 Å². The lowest BCUT2D eigenvalue weighted by Crippen LogP contribution is -2.32. The normalized spacial score (nSPS) is 14.8. The highest BCUT2D eigenvalue weighted by atomic mass is 16.6. The topological polar surface area (TPSA) is 94.5 Å². The van der Waals surface area contributed by atoms with E-state index in [2.05, 4.69) is 0 Å². The SMILES string of the molecule is CCOc1ccc2c(c1OCC)C(=O)OC21c2ccc(O)cc2Oc2cc(O)ccc21. The van der Waals surface area contributed by atoms with Gasteiger partial charge in [0, 0.05) is 28.8 Å². The molecule has 2 N–H and O–H groups in total. The number of ether oxygens (including phenoxy) is 4. The van der Waals surface area contributed by atoms with E-state index in [1.807, 2.05) is 13.8 Å². The predicted octanol–water partition coefficient (Wildman–Crippen LogP) is 4.46. The summed E-state index contributed by atoms with van der Waals surface area (Å²) in [5, 5.41) is 20.0. The molecule has 0 bridgehead atoms. The Bertz CT molecular complexity index is 1160. The fourth-order valence-corrected chi connectivity index (χ4v) is 4.30. The van der Waals surface area contributed by atoms with E-state index >= 15 is 0 Å². The number of carbonyl (C=O) groups excluding carboxylic acids is 1. The van der Waals surface area contributed by atoms with Crippen LogP contribution < -0.4 is 14.2 Å². The molecular weight excluding hydrogens is 400 g/mol. The zero-order valence-corrected chi connectivity index (χ0v) is 17.0. The predicted molar refractivity (Wildman–Crippen MR) is 110 cm³/mol. The zero-order chi connectivity index (χ0) is 21.8. The minimum Gasteiger partial charge on any atom is -0.508 e. The van der Waals surface area contributed by atoms with Crippen LogP contribution in [0.3, 0.4) is 0 Å². The lowest BCUT2D eigenvalue weighted by Gasteiger charge is -2.36. The monoisotopic (exact) mass is 420 g/mol. The molecule has 5 rings (SSSR count). The van der Waals surface area contributed by atoms with Crippen LogP contribution in [-0.2, 0) is 10.3 Å². The van der Waals surface area contributed by atoms with E-state index in [1.54, 1.807) is 24.3 Å². The van der Waals surface area contributed by atoms with Crippen molar-refractivity contribution >= 4 is 5.97 Å². The molecule has 3 aromatic rings. The summed E-state index contributed by atoms with van der Waals surface area (Å²) in [6, 6.07) is 12.8. The highest BCUT2D eigenvalue weighted by molar-refractivity contribution is 6.00. The van der Waals surface area contributed by atoms with Crippen LogP contribution in [0.5, 0.6) is 34.5 Å². The minimum atomic E-state index is -1.33. The number of benzene rings is 3. The smallest absolute Gasteiger partial charge is 0.344 e. The number of fused-ring (bicyclic) bond motifs is 6. The van der Waals surface area contributed by atoms with Crippen LogP contribution in [0.4, 0.5) is 0 Å². The molecule has 7 heteroatoms. The fraction of sp³-hybridized carbons (Fsp3) is 0.208. The van der Waals surface area contributed by atoms with Crippen LogP contribution >= 0.6 is 0 Å². The second-order valence-corrected chi connectivity index (χ2v) is 7.22. The van der Waals surface area contributed by atoms with Crippen molar-refractivity contribution in [3.05, 3.63) is 70.8 Å². The summed E-state index contributed by atoms with van der Waals surface area (Å²) in [6.45, 7) is 4.44. The molecule has 158 valence electrons. The van der Waals surface area contributed by atoms with E-state index in [4.69, 9.17) is 18.9 Å². The summed E-state index contributed by atoms with van der Waals surface area (Å²) >= 11 is 0. The number of phenols is 2. The standard InChI is InChI=1S/C24H20O7/c1-3-28-18-10-9-17-21(22(18)29-4-2)23(27)31-24(17)15-7-5-13(25)11-19(15)30-20-12-14(26)6-8-16(20)24/h5-12,25-26H,3-4H2,1-2H3.